The summed E-state index contributed by atoms with van der Waals surface area (Å²) >= 11 is 0. The molecule has 0 spiro atoms. The molecule has 2 aliphatic rings. The van der Waals surface area contributed by atoms with Gasteiger partial charge >= 0.3 is 24.0 Å². The first kappa shape index (κ1) is 13.9. The molecule has 2 rings (SSSR count). The molecule has 0 bridgehead atoms. The Morgan fingerprint density at radius 1 is 0.850 bits per heavy atom. The molecule has 0 aromatic carbocycles. The van der Waals surface area contributed by atoms with E-state index in [0.717, 1.165) is 0 Å². The summed E-state index contributed by atoms with van der Waals surface area (Å²) in [6.45, 7) is 3.11. The van der Waals surface area contributed by atoms with Gasteiger partial charge in [0.05, 0.1) is 13.2 Å². The minimum absolute atomic E-state index is 0.00519. The molecule has 0 aliphatic carbocycles. The molecule has 0 radical (unpaired) electrons. The molecule has 2 heterocycles. The largest absolute Gasteiger partial charge is 0.463 e. The number of amides is 4. The third-order valence-corrected chi connectivity index (χ3v) is 2.93. The zero-order valence-electron chi connectivity index (χ0n) is 10.9. The number of carbonyl (C=O) groups excluding carboxylic acids is 4. The third-order valence-electron chi connectivity index (χ3n) is 2.93. The van der Waals surface area contributed by atoms with E-state index in [1.54, 1.807) is 13.8 Å². The zero-order chi connectivity index (χ0) is 15.0. The van der Waals surface area contributed by atoms with Gasteiger partial charge in [0.1, 0.15) is 0 Å². The molecule has 0 atom stereocenters. The number of esters is 2. The van der Waals surface area contributed by atoms with E-state index < -0.39 is 35.3 Å². The van der Waals surface area contributed by atoms with Crippen molar-refractivity contribution >= 4 is 24.0 Å². The van der Waals surface area contributed by atoms with E-state index >= 15 is 0 Å². The quantitative estimate of drug-likeness (QED) is 0.447. The van der Waals surface area contributed by atoms with Gasteiger partial charge in [-0.25, -0.2) is 19.2 Å². The molecule has 2 aliphatic heterocycles. The molecule has 20 heavy (non-hydrogen) atoms. The Morgan fingerprint density at radius 3 is 1.40 bits per heavy atom. The van der Waals surface area contributed by atoms with Crippen LogP contribution < -0.4 is 21.3 Å². The Bertz CT molecular complexity index is 430. The fourth-order valence-corrected chi connectivity index (χ4v) is 2.17. The minimum Gasteiger partial charge on any atom is -0.463 e. The Labute approximate surface area is 113 Å². The normalized spacial score (nSPS) is 30.5. The number of ether oxygens (including phenoxy) is 2. The van der Waals surface area contributed by atoms with E-state index in [0.29, 0.717) is 0 Å². The van der Waals surface area contributed by atoms with Crippen molar-refractivity contribution in [3.63, 3.8) is 0 Å². The summed E-state index contributed by atoms with van der Waals surface area (Å²) in [6.07, 6.45) is 0. The van der Waals surface area contributed by atoms with Crippen LogP contribution in [0.2, 0.25) is 0 Å². The molecule has 0 aromatic heterocycles. The molecule has 0 aromatic rings. The van der Waals surface area contributed by atoms with Crippen LogP contribution in [0.1, 0.15) is 13.8 Å². The zero-order valence-corrected chi connectivity index (χ0v) is 10.9. The SMILES string of the molecule is CCOC(=O)C12NC(=O)NC1(C(=O)OCC)NC(=O)N2. The second-order valence-corrected chi connectivity index (χ2v) is 4.10. The lowest BCUT2D eigenvalue weighted by molar-refractivity contribution is -0.165. The summed E-state index contributed by atoms with van der Waals surface area (Å²) < 4.78 is 9.65. The van der Waals surface area contributed by atoms with Crippen LogP contribution in [0, 0.1) is 0 Å². The Balaban J connectivity index is 2.48. The highest BCUT2D eigenvalue weighted by Crippen LogP contribution is 2.30. The summed E-state index contributed by atoms with van der Waals surface area (Å²) in [5.41, 5.74) is -4.16. The fourth-order valence-electron chi connectivity index (χ4n) is 2.17. The van der Waals surface area contributed by atoms with Gasteiger partial charge in [0.25, 0.3) is 11.3 Å². The molecule has 0 saturated carbocycles. The average Bonchev–Trinajstić information content (AvgIpc) is 2.78. The smallest absolute Gasteiger partial charge is 0.358 e. The number of fused-ring (bicyclic) bond motifs is 1. The van der Waals surface area contributed by atoms with Crippen molar-refractivity contribution in [3.05, 3.63) is 0 Å². The lowest BCUT2D eigenvalue weighted by atomic mass is 9.96. The van der Waals surface area contributed by atoms with Crippen molar-refractivity contribution in [2.75, 3.05) is 13.2 Å². The highest BCUT2D eigenvalue weighted by Gasteiger charge is 2.75. The summed E-state index contributed by atoms with van der Waals surface area (Å²) in [5, 5.41) is 8.82. The summed E-state index contributed by atoms with van der Waals surface area (Å²) in [4.78, 5) is 47.4. The van der Waals surface area contributed by atoms with Crippen molar-refractivity contribution in [2.24, 2.45) is 0 Å². The van der Waals surface area contributed by atoms with E-state index in [1.165, 1.54) is 0 Å². The lowest BCUT2D eigenvalue weighted by Crippen LogP contribution is -2.74. The number of carbonyl (C=O) groups is 4. The standard InChI is InChI=1S/C10H14N4O6/c1-3-19-5(15)9-10(6(16)20-4-2,13-7(17)11-9)14-8(18)12-9/h3-4H2,1-2H3,(H2,11,13,17)(H2,12,14,18). The van der Waals surface area contributed by atoms with Crippen LogP contribution in [0.25, 0.3) is 0 Å². The lowest BCUT2D eigenvalue weighted by Gasteiger charge is -2.31. The minimum atomic E-state index is -2.08. The van der Waals surface area contributed by atoms with Crippen molar-refractivity contribution in [2.45, 2.75) is 25.2 Å². The van der Waals surface area contributed by atoms with Gasteiger partial charge in [-0.3, -0.25) is 0 Å². The Kier molecular flexibility index (Phi) is 3.16. The van der Waals surface area contributed by atoms with Crippen molar-refractivity contribution in [1.82, 2.24) is 21.3 Å². The predicted molar refractivity (Wildman–Crippen MR) is 62.1 cm³/mol. The van der Waals surface area contributed by atoms with Gasteiger partial charge in [-0.05, 0) is 13.8 Å². The van der Waals surface area contributed by atoms with E-state index in [1.807, 2.05) is 0 Å². The molecule has 10 heteroatoms. The van der Waals surface area contributed by atoms with E-state index in [4.69, 9.17) is 9.47 Å². The summed E-state index contributed by atoms with van der Waals surface area (Å²) in [7, 11) is 0. The third kappa shape index (κ3) is 1.64. The van der Waals surface area contributed by atoms with Gasteiger partial charge in [-0.15, -0.1) is 0 Å². The number of hydrogen-bond acceptors (Lipinski definition) is 6. The second kappa shape index (κ2) is 4.54. The summed E-state index contributed by atoms with van der Waals surface area (Å²) in [5.74, 6) is -1.96. The first-order chi connectivity index (χ1) is 9.41. The molecule has 4 amide bonds. The first-order valence-corrected chi connectivity index (χ1v) is 5.97. The topological polar surface area (TPSA) is 135 Å². The van der Waals surface area contributed by atoms with Gasteiger partial charge in [-0.2, -0.15) is 0 Å². The molecular weight excluding hydrogens is 272 g/mol. The molecule has 10 nitrogen and oxygen atoms in total. The van der Waals surface area contributed by atoms with Gasteiger partial charge in [-0.1, -0.05) is 0 Å². The van der Waals surface area contributed by atoms with Crippen LogP contribution >= 0.6 is 0 Å². The molecule has 0 unspecified atom stereocenters. The maximum absolute atomic E-state index is 12.1. The highest BCUT2D eigenvalue weighted by atomic mass is 16.5. The average molecular weight is 286 g/mol. The van der Waals surface area contributed by atoms with Crippen LogP contribution in [0.3, 0.4) is 0 Å². The van der Waals surface area contributed by atoms with Crippen LogP contribution in [0.4, 0.5) is 9.59 Å². The van der Waals surface area contributed by atoms with Gasteiger partial charge in [0, 0.05) is 0 Å². The Morgan fingerprint density at radius 2 is 1.15 bits per heavy atom. The van der Waals surface area contributed by atoms with Crippen molar-refractivity contribution in [1.29, 1.82) is 0 Å². The predicted octanol–water partition coefficient (Wildman–Crippen LogP) is -1.87. The Hall–Kier alpha value is -2.52. The molecule has 2 saturated heterocycles. The molecule has 110 valence electrons. The summed E-state index contributed by atoms with van der Waals surface area (Å²) in [6, 6.07) is -1.64. The van der Waals surface area contributed by atoms with Gasteiger partial charge < -0.3 is 30.7 Å². The van der Waals surface area contributed by atoms with Crippen molar-refractivity contribution in [3.8, 4) is 0 Å². The number of hydrogen-bond donors (Lipinski definition) is 4. The van der Waals surface area contributed by atoms with Crippen molar-refractivity contribution < 1.29 is 28.7 Å². The van der Waals surface area contributed by atoms with E-state index in [-0.39, 0.29) is 13.2 Å². The van der Waals surface area contributed by atoms with Gasteiger partial charge in [0.2, 0.25) is 0 Å². The maximum Gasteiger partial charge on any atom is 0.358 e. The van der Waals surface area contributed by atoms with Gasteiger partial charge in [0.15, 0.2) is 0 Å². The fraction of sp³-hybridized carbons (Fsp3) is 0.600. The number of rotatable bonds is 4. The van der Waals surface area contributed by atoms with E-state index in [9.17, 15) is 19.2 Å². The molecular formula is C10H14N4O6. The van der Waals surface area contributed by atoms with Crippen LogP contribution in [0.15, 0.2) is 0 Å². The number of urea groups is 2. The highest BCUT2D eigenvalue weighted by molar-refractivity contribution is 6.09. The molecule has 4 N–H and O–H groups in total. The second-order valence-electron chi connectivity index (χ2n) is 4.10. The van der Waals surface area contributed by atoms with Crippen LogP contribution in [-0.4, -0.2) is 48.5 Å². The molecule has 2 fully saturated rings. The van der Waals surface area contributed by atoms with Crippen LogP contribution in [-0.2, 0) is 19.1 Å². The maximum atomic E-state index is 12.1. The monoisotopic (exact) mass is 286 g/mol. The van der Waals surface area contributed by atoms with Crippen LogP contribution in [0.5, 0.6) is 0 Å². The number of nitrogens with one attached hydrogen (secondary N) is 4. The first-order valence-electron chi connectivity index (χ1n) is 5.97. The van der Waals surface area contributed by atoms with E-state index in [2.05, 4.69) is 21.3 Å².